The number of hydrogen-bond acceptors (Lipinski definition) is 2. The minimum Gasteiger partial charge on any atom is -0.314 e. The van der Waals surface area contributed by atoms with Crippen molar-refractivity contribution < 1.29 is 0 Å². The molecule has 2 heterocycles. The van der Waals surface area contributed by atoms with Crippen LogP contribution in [0.1, 0.15) is 34.2 Å². The molecule has 4 rings (SSSR count). The molecule has 0 unspecified atom stereocenters. The standard InChI is InChI=1S/C19H22N2.2ClH/c1-14-6-5-9-16-17(15-7-3-2-4-8-15)13-21-11-10-20-12-18(21)19(14)16;;/h2-9,17-18,20H,10-13H2,1H3;2*1H/t17-,18+;;/m1../s1. The van der Waals surface area contributed by atoms with Crippen LogP contribution in [-0.2, 0) is 0 Å². The van der Waals surface area contributed by atoms with Crippen molar-refractivity contribution in [1.82, 2.24) is 10.2 Å². The fourth-order valence-corrected chi connectivity index (χ4v) is 4.02. The molecule has 2 aliphatic heterocycles. The average molecular weight is 351 g/mol. The first kappa shape index (κ1) is 18.3. The van der Waals surface area contributed by atoms with Gasteiger partial charge >= 0.3 is 0 Å². The molecule has 2 nitrogen and oxygen atoms in total. The van der Waals surface area contributed by atoms with Crippen LogP contribution < -0.4 is 5.32 Å². The highest BCUT2D eigenvalue weighted by molar-refractivity contribution is 5.85. The summed E-state index contributed by atoms with van der Waals surface area (Å²) in [7, 11) is 0. The molecule has 124 valence electrons. The molecule has 2 aliphatic rings. The summed E-state index contributed by atoms with van der Waals surface area (Å²) in [4.78, 5) is 2.67. The average Bonchev–Trinajstić information content (AvgIpc) is 2.55. The van der Waals surface area contributed by atoms with Crippen molar-refractivity contribution in [1.29, 1.82) is 0 Å². The van der Waals surface area contributed by atoms with Crippen molar-refractivity contribution in [2.24, 2.45) is 0 Å². The van der Waals surface area contributed by atoms with E-state index >= 15 is 0 Å². The van der Waals surface area contributed by atoms with Gasteiger partial charge in [0.2, 0.25) is 0 Å². The summed E-state index contributed by atoms with van der Waals surface area (Å²) in [6, 6.07) is 18.4. The van der Waals surface area contributed by atoms with E-state index in [1.807, 2.05) is 0 Å². The Morgan fingerprint density at radius 1 is 1.00 bits per heavy atom. The highest BCUT2D eigenvalue weighted by atomic mass is 35.5. The van der Waals surface area contributed by atoms with Gasteiger partial charge in [0.25, 0.3) is 0 Å². The van der Waals surface area contributed by atoms with E-state index in [0.29, 0.717) is 12.0 Å². The SMILES string of the molecule is Cc1cccc2c1[C@@H]1CNCCN1C[C@@H]2c1ccccc1.Cl.Cl. The van der Waals surface area contributed by atoms with Gasteiger partial charge < -0.3 is 5.32 Å². The number of rotatable bonds is 1. The summed E-state index contributed by atoms with van der Waals surface area (Å²) in [5, 5.41) is 3.56. The molecule has 0 spiro atoms. The number of hydrogen-bond donors (Lipinski definition) is 1. The highest BCUT2D eigenvalue weighted by Gasteiger charge is 2.35. The van der Waals surface area contributed by atoms with Crippen LogP contribution in [0.2, 0.25) is 0 Å². The number of aryl methyl sites for hydroxylation is 1. The number of piperazine rings is 1. The van der Waals surface area contributed by atoms with E-state index in [4.69, 9.17) is 0 Å². The molecular formula is C19H24Cl2N2. The van der Waals surface area contributed by atoms with Crippen LogP contribution in [0, 0.1) is 6.92 Å². The molecule has 2 aromatic rings. The zero-order valence-corrected chi connectivity index (χ0v) is 15.0. The topological polar surface area (TPSA) is 15.3 Å². The molecule has 2 aromatic carbocycles. The minimum atomic E-state index is 0. The zero-order valence-electron chi connectivity index (χ0n) is 13.4. The van der Waals surface area contributed by atoms with Crippen LogP contribution in [0.25, 0.3) is 0 Å². The molecule has 0 aliphatic carbocycles. The van der Waals surface area contributed by atoms with Gasteiger partial charge in [-0.05, 0) is 29.2 Å². The molecule has 1 N–H and O–H groups in total. The molecule has 0 aromatic heterocycles. The molecule has 0 bridgehead atoms. The van der Waals surface area contributed by atoms with E-state index < -0.39 is 0 Å². The summed E-state index contributed by atoms with van der Waals surface area (Å²) < 4.78 is 0. The van der Waals surface area contributed by atoms with Crippen molar-refractivity contribution in [3.05, 3.63) is 70.8 Å². The maximum Gasteiger partial charge on any atom is 0.0479 e. The van der Waals surface area contributed by atoms with Crippen LogP contribution in [0.15, 0.2) is 48.5 Å². The largest absolute Gasteiger partial charge is 0.314 e. The number of nitrogens with zero attached hydrogens (tertiary/aromatic N) is 1. The Morgan fingerprint density at radius 2 is 1.78 bits per heavy atom. The molecule has 4 heteroatoms. The van der Waals surface area contributed by atoms with E-state index in [0.717, 1.165) is 26.2 Å². The molecule has 0 radical (unpaired) electrons. The molecule has 2 atom stereocenters. The third kappa shape index (κ3) is 3.27. The Hall–Kier alpha value is -1.06. The number of benzene rings is 2. The Bertz CT molecular complexity index is 645. The fraction of sp³-hybridized carbons (Fsp3) is 0.368. The van der Waals surface area contributed by atoms with Crippen molar-refractivity contribution in [2.75, 3.05) is 26.2 Å². The predicted molar refractivity (Wildman–Crippen MR) is 101 cm³/mol. The lowest BCUT2D eigenvalue weighted by Gasteiger charge is -2.45. The molecule has 1 saturated heterocycles. The fourth-order valence-electron chi connectivity index (χ4n) is 4.02. The van der Waals surface area contributed by atoms with E-state index in [-0.39, 0.29) is 24.8 Å². The lowest BCUT2D eigenvalue weighted by atomic mass is 9.79. The predicted octanol–water partition coefficient (Wildman–Crippen LogP) is 3.93. The zero-order chi connectivity index (χ0) is 14.2. The Labute approximate surface area is 151 Å². The van der Waals surface area contributed by atoms with E-state index in [9.17, 15) is 0 Å². The van der Waals surface area contributed by atoms with Crippen LogP contribution in [-0.4, -0.2) is 31.1 Å². The third-order valence-corrected chi connectivity index (χ3v) is 5.04. The van der Waals surface area contributed by atoms with Gasteiger partial charge in [-0.25, -0.2) is 0 Å². The smallest absolute Gasteiger partial charge is 0.0479 e. The van der Waals surface area contributed by atoms with Gasteiger partial charge in [0, 0.05) is 38.1 Å². The van der Waals surface area contributed by atoms with Crippen LogP contribution in [0.3, 0.4) is 0 Å². The lowest BCUT2D eigenvalue weighted by molar-refractivity contribution is 0.142. The summed E-state index contributed by atoms with van der Waals surface area (Å²) in [5.41, 5.74) is 5.98. The lowest BCUT2D eigenvalue weighted by Crippen LogP contribution is -2.50. The van der Waals surface area contributed by atoms with Crippen LogP contribution in [0.5, 0.6) is 0 Å². The van der Waals surface area contributed by atoms with Crippen molar-refractivity contribution >= 4 is 24.8 Å². The van der Waals surface area contributed by atoms with Crippen LogP contribution >= 0.6 is 24.8 Å². The second kappa shape index (κ2) is 7.67. The quantitative estimate of drug-likeness (QED) is 0.838. The first-order valence-corrected chi connectivity index (χ1v) is 7.93. The van der Waals surface area contributed by atoms with Crippen molar-refractivity contribution in [3.8, 4) is 0 Å². The van der Waals surface area contributed by atoms with Crippen LogP contribution in [0.4, 0.5) is 0 Å². The van der Waals surface area contributed by atoms with Gasteiger partial charge in [-0.1, -0.05) is 48.5 Å². The van der Waals surface area contributed by atoms with Gasteiger partial charge in [0.15, 0.2) is 0 Å². The molecule has 0 saturated carbocycles. The molecule has 1 fully saturated rings. The molecule has 0 amide bonds. The highest BCUT2D eigenvalue weighted by Crippen LogP contribution is 2.41. The molecular weight excluding hydrogens is 327 g/mol. The second-order valence-electron chi connectivity index (χ2n) is 6.26. The Balaban J connectivity index is 0.000000960. The normalized spacial score (nSPS) is 23.0. The van der Waals surface area contributed by atoms with Crippen molar-refractivity contribution in [2.45, 2.75) is 18.9 Å². The summed E-state index contributed by atoms with van der Waals surface area (Å²) >= 11 is 0. The molecule has 23 heavy (non-hydrogen) atoms. The van der Waals surface area contributed by atoms with E-state index in [1.165, 1.54) is 16.7 Å². The third-order valence-electron chi connectivity index (χ3n) is 5.04. The van der Waals surface area contributed by atoms with Gasteiger partial charge in [-0.3, -0.25) is 4.90 Å². The second-order valence-corrected chi connectivity index (χ2v) is 6.26. The van der Waals surface area contributed by atoms with Gasteiger partial charge in [0.05, 0.1) is 0 Å². The summed E-state index contributed by atoms with van der Waals surface area (Å²) in [5.74, 6) is 0.510. The summed E-state index contributed by atoms with van der Waals surface area (Å²) in [6.45, 7) is 6.76. The Morgan fingerprint density at radius 3 is 2.57 bits per heavy atom. The van der Waals surface area contributed by atoms with E-state index in [1.54, 1.807) is 5.56 Å². The Kier molecular flexibility index (Phi) is 6.10. The first-order chi connectivity index (χ1) is 10.3. The number of fused-ring (bicyclic) bond motifs is 3. The van der Waals surface area contributed by atoms with Gasteiger partial charge in [-0.2, -0.15) is 0 Å². The summed E-state index contributed by atoms with van der Waals surface area (Å²) in [6.07, 6.45) is 0. The minimum absolute atomic E-state index is 0. The maximum absolute atomic E-state index is 3.56. The first-order valence-electron chi connectivity index (χ1n) is 7.93. The monoisotopic (exact) mass is 350 g/mol. The van der Waals surface area contributed by atoms with Gasteiger partial charge in [0.1, 0.15) is 0 Å². The number of halogens is 2. The number of nitrogens with one attached hydrogen (secondary N) is 1. The van der Waals surface area contributed by atoms with Crippen molar-refractivity contribution in [3.63, 3.8) is 0 Å². The van der Waals surface area contributed by atoms with E-state index in [2.05, 4.69) is 65.7 Å². The van der Waals surface area contributed by atoms with Gasteiger partial charge in [-0.15, -0.1) is 24.8 Å². The maximum atomic E-state index is 3.56.